The summed E-state index contributed by atoms with van der Waals surface area (Å²) in [6.07, 6.45) is 6.79. The van der Waals surface area contributed by atoms with Gasteiger partial charge in [0.1, 0.15) is 6.10 Å². The molecule has 0 unspecified atom stereocenters. The summed E-state index contributed by atoms with van der Waals surface area (Å²) in [4.78, 5) is 0. The van der Waals surface area contributed by atoms with Crippen LogP contribution >= 0.6 is 11.6 Å². The molecule has 1 nitrogen and oxygen atoms in total. The van der Waals surface area contributed by atoms with Gasteiger partial charge in [-0.25, -0.2) is 0 Å². The minimum absolute atomic E-state index is 0.0213. The van der Waals surface area contributed by atoms with Crippen LogP contribution in [0.25, 0.3) is 0 Å². The van der Waals surface area contributed by atoms with Crippen molar-refractivity contribution in [3.8, 4) is 11.8 Å². The van der Waals surface area contributed by atoms with E-state index in [1.807, 2.05) is 0 Å². The van der Waals surface area contributed by atoms with Crippen LogP contribution in [0.3, 0.4) is 0 Å². The number of halogens is 1. The summed E-state index contributed by atoms with van der Waals surface area (Å²) in [7, 11) is 0. The predicted molar refractivity (Wildman–Crippen MR) is 60.5 cm³/mol. The van der Waals surface area contributed by atoms with Crippen molar-refractivity contribution in [2.45, 2.75) is 56.9 Å². The van der Waals surface area contributed by atoms with Crippen LogP contribution in [-0.2, 0) is 4.74 Å². The Bertz CT molecular complexity index is 204. The Kier molecular flexibility index (Phi) is 6.07. The van der Waals surface area contributed by atoms with E-state index < -0.39 is 0 Å². The minimum atomic E-state index is -0.0213. The maximum absolute atomic E-state index is 6.10. The maximum Gasteiger partial charge on any atom is 0.134 e. The van der Waals surface area contributed by atoms with Crippen molar-refractivity contribution < 1.29 is 4.74 Å². The normalized spacial score (nSPS) is 26.7. The summed E-state index contributed by atoms with van der Waals surface area (Å²) in [5, 5.41) is 0.0995. The van der Waals surface area contributed by atoms with E-state index in [1.54, 1.807) is 0 Å². The molecule has 0 saturated carbocycles. The van der Waals surface area contributed by atoms with Gasteiger partial charge in [0.2, 0.25) is 0 Å². The highest BCUT2D eigenvalue weighted by molar-refractivity contribution is 6.21. The molecule has 1 fully saturated rings. The fourth-order valence-corrected chi connectivity index (χ4v) is 1.80. The molecule has 2 atom stereocenters. The van der Waals surface area contributed by atoms with Gasteiger partial charge >= 0.3 is 0 Å². The Labute approximate surface area is 92.2 Å². The Morgan fingerprint density at radius 1 is 1.43 bits per heavy atom. The molecule has 0 amide bonds. The first kappa shape index (κ1) is 11.9. The van der Waals surface area contributed by atoms with E-state index in [0.717, 1.165) is 25.9 Å². The van der Waals surface area contributed by atoms with Crippen molar-refractivity contribution in [1.82, 2.24) is 0 Å². The van der Waals surface area contributed by atoms with Crippen LogP contribution < -0.4 is 0 Å². The summed E-state index contributed by atoms with van der Waals surface area (Å²) in [6.45, 7) is 3.02. The van der Waals surface area contributed by atoms with Crippen LogP contribution in [0, 0.1) is 11.8 Å². The molecule has 0 radical (unpaired) electrons. The zero-order chi connectivity index (χ0) is 10.2. The Morgan fingerprint density at radius 3 is 3.00 bits per heavy atom. The quantitative estimate of drug-likeness (QED) is 0.398. The van der Waals surface area contributed by atoms with Gasteiger partial charge < -0.3 is 4.74 Å². The molecule has 1 rings (SSSR count). The monoisotopic (exact) mass is 214 g/mol. The average molecular weight is 215 g/mol. The molecule has 0 N–H and O–H groups in total. The summed E-state index contributed by atoms with van der Waals surface area (Å²) in [5.74, 6) is 6.29. The lowest BCUT2D eigenvalue weighted by Crippen LogP contribution is -2.28. The van der Waals surface area contributed by atoms with Crippen molar-refractivity contribution in [1.29, 1.82) is 0 Å². The number of hydrogen-bond acceptors (Lipinski definition) is 1. The lowest BCUT2D eigenvalue weighted by atomic mass is 10.1. The highest BCUT2D eigenvalue weighted by Gasteiger charge is 2.21. The fraction of sp³-hybridized carbons (Fsp3) is 0.833. The van der Waals surface area contributed by atoms with E-state index in [0.29, 0.717) is 0 Å². The van der Waals surface area contributed by atoms with E-state index in [1.165, 1.54) is 19.3 Å². The number of ether oxygens (including phenoxy) is 1. The van der Waals surface area contributed by atoms with Gasteiger partial charge in [-0.3, -0.25) is 0 Å². The Morgan fingerprint density at radius 2 is 2.29 bits per heavy atom. The summed E-state index contributed by atoms with van der Waals surface area (Å²) < 4.78 is 5.49. The summed E-state index contributed by atoms with van der Waals surface area (Å²) in [5.41, 5.74) is 0. The van der Waals surface area contributed by atoms with Crippen molar-refractivity contribution in [2.24, 2.45) is 0 Å². The summed E-state index contributed by atoms with van der Waals surface area (Å²) in [6, 6.07) is 0. The second kappa shape index (κ2) is 7.15. The molecule has 0 bridgehead atoms. The van der Waals surface area contributed by atoms with Crippen LogP contribution in [0.15, 0.2) is 0 Å². The lowest BCUT2D eigenvalue weighted by molar-refractivity contribution is 0.0557. The zero-order valence-corrected chi connectivity index (χ0v) is 9.65. The molecule has 0 aliphatic carbocycles. The van der Waals surface area contributed by atoms with Gasteiger partial charge in [0.05, 0.1) is 5.38 Å². The molecule has 0 aromatic carbocycles. The third-order valence-electron chi connectivity index (χ3n) is 2.40. The zero-order valence-electron chi connectivity index (χ0n) is 8.89. The topological polar surface area (TPSA) is 9.23 Å². The van der Waals surface area contributed by atoms with Gasteiger partial charge in [0, 0.05) is 13.0 Å². The van der Waals surface area contributed by atoms with Crippen LogP contribution in [0.5, 0.6) is 0 Å². The molecule has 0 aromatic rings. The van der Waals surface area contributed by atoms with Crippen LogP contribution in [-0.4, -0.2) is 18.1 Å². The van der Waals surface area contributed by atoms with Crippen LogP contribution in [0.1, 0.15) is 45.4 Å². The second-order valence-electron chi connectivity index (χ2n) is 3.73. The SMILES string of the molecule is CCCCCC#C[C@@H]1OCCC[C@H]1Cl. The molecule has 1 saturated heterocycles. The first-order valence-corrected chi connectivity index (χ1v) is 6.02. The molecule has 14 heavy (non-hydrogen) atoms. The molecule has 0 aromatic heterocycles. The molecule has 2 heteroatoms. The number of unbranched alkanes of at least 4 members (excludes halogenated alkanes) is 3. The first-order valence-electron chi connectivity index (χ1n) is 5.58. The molecule has 1 aliphatic rings. The molecular weight excluding hydrogens is 196 g/mol. The average Bonchev–Trinajstić information content (AvgIpc) is 2.20. The smallest absolute Gasteiger partial charge is 0.134 e. The first-order chi connectivity index (χ1) is 6.84. The van der Waals surface area contributed by atoms with Crippen molar-refractivity contribution in [3.63, 3.8) is 0 Å². The fourth-order valence-electron chi connectivity index (χ4n) is 1.51. The van der Waals surface area contributed by atoms with Gasteiger partial charge in [-0.15, -0.1) is 17.5 Å². The molecule has 0 spiro atoms. The van der Waals surface area contributed by atoms with Crippen LogP contribution in [0.4, 0.5) is 0 Å². The van der Waals surface area contributed by atoms with E-state index in [-0.39, 0.29) is 11.5 Å². The van der Waals surface area contributed by atoms with E-state index >= 15 is 0 Å². The van der Waals surface area contributed by atoms with E-state index in [2.05, 4.69) is 18.8 Å². The van der Waals surface area contributed by atoms with Crippen molar-refractivity contribution in [3.05, 3.63) is 0 Å². The van der Waals surface area contributed by atoms with Crippen molar-refractivity contribution >= 4 is 11.6 Å². The Hall–Kier alpha value is -0.190. The van der Waals surface area contributed by atoms with Gasteiger partial charge in [0.15, 0.2) is 0 Å². The lowest BCUT2D eigenvalue weighted by Gasteiger charge is -2.22. The van der Waals surface area contributed by atoms with Gasteiger partial charge in [-0.05, 0) is 19.3 Å². The highest BCUT2D eigenvalue weighted by Crippen LogP contribution is 2.18. The standard InChI is InChI=1S/C12H19ClO/c1-2-3-4-5-6-9-12-11(13)8-7-10-14-12/h11-12H,2-5,7-8,10H2,1H3/t11-,12+/m1/s1. The molecule has 1 aliphatic heterocycles. The molecule has 1 heterocycles. The third-order valence-corrected chi connectivity index (χ3v) is 2.85. The summed E-state index contributed by atoms with van der Waals surface area (Å²) >= 11 is 6.10. The number of hydrogen-bond donors (Lipinski definition) is 0. The number of rotatable bonds is 3. The van der Waals surface area contributed by atoms with Gasteiger partial charge in [-0.2, -0.15) is 0 Å². The second-order valence-corrected chi connectivity index (χ2v) is 4.29. The largest absolute Gasteiger partial charge is 0.364 e. The molecular formula is C12H19ClO. The Balaban J connectivity index is 2.19. The van der Waals surface area contributed by atoms with E-state index in [4.69, 9.17) is 16.3 Å². The van der Waals surface area contributed by atoms with Crippen LogP contribution in [0.2, 0.25) is 0 Å². The molecule has 80 valence electrons. The maximum atomic E-state index is 6.10. The predicted octanol–water partition coefficient (Wildman–Crippen LogP) is 3.36. The van der Waals surface area contributed by atoms with E-state index in [9.17, 15) is 0 Å². The third kappa shape index (κ3) is 4.35. The highest BCUT2D eigenvalue weighted by atomic mass is 35.5. The van der Waals surface area contributed by atoms with Crippen molar-refractivity contribution in [2.75, 3.05) is 6.61 Å². The number of alkyl halides is 1. The van der Waals surface area contributed by atoms with Gasteiger partial charge in [0.25, 0.3) is 0 Å². The minimum Gasteiger partial charge on any atom is -0.364 e. The van der Waals surface area contributed by atoms with Gasteiger partial charge in [-0.1, -0.05) is 25.7 Å².